The van der Waals surface area contributed by atoms with Crippen molar-refractivity contribution in [1.82, 2.24) is 4.98 Å². The van der Waals surface area contributed by atoms with E-state index in [0.29, 0.717) is 5.69 Å². The van der Waals surface area contributed by atoms with E-state index in [1.54, 1.807) is 12.3 Å². The van der Waals surface area contributed by atoms with Gasteiger partial charge in [0.1, 0.15) is 5.82 Å². The highest BCUT2D eigenvalue weighted by Gasteiger charge is 2.16. The Labute approximate surface area is 96.9 Å². The van der Waals surface area contributed by atoms with Crippen LogP contribution in [0.15, 0.2) is 18.3 Å². The van der Waals surface area contributed by atoms with Crippen LogP contribution in [-0.2, 0) is 0 Å². The molecule has 1 aromatic rings. The molecule has 0 unspecified atom stereocenters. The third kappa shape index (κ3) is 4.49. The van der Waals surface area contributed by atoms with E-state index in [4.69, 9.17) is 10.8 Å². The summed E-state index contributed by atoms with van der Waals surface area (Å²) in [5.41, 5.74) is 6.53. The van der Waals surface area contributed by atoms with Crippen LogP contribution < -0.4 is 11.1 Å². The first-order valence-electron chi connectivity index (χ1n) is 5.60. The summed E-state index contributed by atoms with van der Waals surface area (Å²) in [6, 6.07) is 3.59. The lowest BCUT2D eigenvalue weighted by Crippen LogP contribution is -2.23. The molecule has 0 spiro atoms. The van der Waals surface area contributed by atoms with Crippen molar-refractivity contribution in [3.8, 4) is 0 Å². The zero-order valence-corrected chi connectivity index (χ0v) is 10.0. The van der Waals surface area contributed by atoms with Crippen molar-refractivity contribution >= 4 is 11.5 Å². The number of hydrogen-bond donors (Lipinski definition) is 3. The second-order valence-electron chi connectivity index (χ2n) is 4.82. The number of nitrogens with one attached hydrogen (secondary N) is 1. The molecule has 90 valence electrons. The van der Waals surface area contributed by atoms with Gasteiger partial charge in [0.15, 0.2) is 0 Å². The van der Waals surface area contributed by atoms with Gasteiger partial charge in [-0.1, -0.05) is 13.8 Å². The molecule has 0 radical (unpaired) electrons. The fraction of sp³-hybridized carbons (Fsp3) is 0.583. The summed E-state index contributed by atoms with van der Waals surface area (Å²) in [4.78, 5) is 4.18. The topological polar surface area (TPSA) is 71.2 Å². The summed E-state index contributed by atoms with van der Waals surface area (Å²) < 4.78 is 0. The van der Waals surface area contributed by atoms with Crippen LogP contribution in [0, 0.1) is 5.41 Å². The van der Waals surface area contributed by atoms with Crippen molar-refractivity contribution < 1.29 is 5.11 Å². The van der Waals surface area contributed by atoms with Gasteiger partial charge in [-0.2, -0.15) is 0 Å². The molecule has 4 nitrogen and oxygen atoms in total. The van der Waals surface area contributed by atoms with E-state index in [0.717, 1.165) is 25.2 Å². The monoisotopic (exact) mass is 223 g/mol. The zero-order valence-electron chi connectivity index (χ0n) is 10.0. The SMILES string of the molecule is CC(C)(CCCO)CNc1cc(N)ccn1. The number of nitrogen functional groups attached to an aromatic ring is 1. The first-order valence-corrected chi connectivity index (χ1v) is 5.60. The van der Waals surface area contributed by atoms with E-state index in [1.165, 1.54) is 0 Å². The first-order chi connectivity index (χ1) is 7.53. The van der Waals surface area contributed by atoms with Crippen molar-refractivity contribution in [2.75, 3.05) is 24.2 Å². The molecule has 0 fully saturated rings. The minimum absolute atomic E-state index is 0.148. The summed E-state index contributed by atoms with van der Waals surface area (Å²) in [5.74, 6) is 0.803. The first kappa shape index (κ1) is 12.8. The number of aliphatic hydroxyl groups excluding tert-OH is 1. The quantitative estimate of drug-likeness (QED) is 0.688. The Hall–Kier alpha value is -1.29. The average Bonchev–Trinajstić information content (AvgIpc) is 2.24. The Kier molecular flexibility index (Phi) is 4.55. The molecular weight excluding hydrogens is 202 g/mol. The molecule has 16 heavy (non-hydrogen) atoms. The minimum Gasteiger partial charge on any atom is -0.399 e. The zero-order chi connectivity index (χ0) is 12.0. The van der Waals surface area contributed by atoms with Gasteiger partial charge < -0.3 is 16.2 Å². The molecule has 1 aromatic heterocycles. The number of pyridine rings is 1. The van der Waals surface area contributed by atoms with Gasteiger partial charge in [-0.25, -0.2) is 4.98 Å². The van der Waals surface area contributed by atoms with Crippen molar-refractivity contribution in [2.45, 2.75) is 26.7 Å². The third-order valence-corrected chi connectivity index (χ3v) is 2.54. The molecule has 0 aliphatic carbocycles. The van der Waals surface area contributed by atoms with Gasteiger partial charge in [0.2, 0.25) is 0 Å². The van der Waals surface area contributed by atoms with Crippen LogP contribution in [0.2, 0.25) is 0 Å². The highest BCUT2D eigenvalue weighted by Crippen LogP contribution is 2.22. The molecule has 0 saturated heterocycles. The number of nitrogens with zero attached hydrogens (tertiary/aromatic N) is 1. The predicted octanol–water partition coefficient (Wildman–Crippen LogP) is 1.87. The molecule has 4 N–H and O–H groups in total. The predicted molar refractivity (Wildman–Crippen MR) is 67.2 cm³/mol. The molecule has 0 aliphatic rings. The summed E-state index contributed by atoms with van der Waals surface area (Å²) in [6.45, 7) is 5.41. The van der Waals surface area contributed by atoms with Crippen LogP contribution in [0.25, 0.3) is 0 Å². The fourth-order valence-electron chi connectivity index (χ4n) is 1.52. The van der Waals surface area contributed by atoms with E-state index < -0.39 is 0 Å². The number of aliphatic hydroxyl groups is 1. The Bertz CT molecular complexity index is 326. The summed E-state index contributed by atoms with van der Waals surface area (Å²) >= 11 is 0. The highest BCUT2D eigenvalue weighted by atomic mass is 16.2. The van der Waals surface area contributed by atoms with Crippen LogP contribution in [-0.4, -0.2) is 23.2 Å². The lowest BCUT2D eigenvalue weighted by atomic mass is 9.88. The van der Waals surface area contributed by atoms with E-state index in [9.17, 15) is 0 Å². The highest BCUT2D eigenvalue weighted by molar-refractivity contribution is 5.48. The standard InChI is InChI=1S/C12H21N3O/c1-12(2,5-3-7-16)9-15-11-8-10(13)4-6-14-11/h4,6,8,16H,3,5,7,9H2,1-2H3,(H3,13,14,15). The van der Waals surface area contributed by atoms with Crippen molar-refractivity contribution in [3.05, 3.63) is 18.3 Å². The molecule has 0 bridgehead atoms. The molecule has 4 heteroatoms. The van der Waals surface area contributed by atoms with Gasteiger partial charge in [0.05, 0.1) is 0 Å². The van der Waals surface area contributed by atoms with E-state index in [1.807, 2.05) is 6.07 Å². The number of anilines is 2. The van der Waals surface area contributed by atoms with E-state index >= 15 is 0 Å². The van der Waals surface area contributed by atoms with Gasteiger partial charge in [0, 0.05) is 31.1 Å². The van der Waals surface area contributed by atoms with E-state index in [2.05, 4.69) is 24.1 Å². The van der Waals surface area contributed by atoms with Gasteiger partial charge in [0.25, 0.3) is 0 Å². The lowest BCUT2D eigenvalue weighted by molar-refractivity contribution is 0.248. The van der Waals surface area contributed by atoms with Gasteiger partial charge in [-0.3, -0.25) is 0 Å². The maximum absolute atomic E-state index is 8.80. The lowest BCUT2D eigenvalue weighted by Gasteiger charge is -2.24. The molecular formula is C12H21N3O. The maximum Gasteiger partial charge on any atom is 0.127 e. The van der Waals surface area contributed by atoms with Gasteiger partial charge >= 0.3 is 0 Å². The smallest absolute Gasteiger partial charge is 0.127 e. The molecule has 0 amide bonds. The minimum atomic E-state index is 0.148. The van der Waals surface area contributed by atoms with Crippen molar-refractivity contribution in [1.29, 1.82) is 0 Å². The fourth-order valence-corrected chi connectivity index (χ4v) is 1.52. The molecule has 0 aromatic carbocycles. The number of rotatable bonds is 6. The van der Waals surface area contributed by atoms with Crippen molar-refractivity contribution in [2.24, 2.45) is 5.41 Å². The summed E-state index contributed by atoms with van der Waals surface area (Å²) in [6.07, 6.45) is 3.51. The summed E-state index contributed by atoms with van der Waals surface area (Å²) in [7, 11) is 0. The number of nitrogens with two attached hydrogens (primary N) is 1. The van der Waals surface area contributed by atoms with Crippen LogP contribution >= 0.6 is 0 Å². The molecule has 0 atom stereocenters. The molecule has 0 saturated carbocycles. The molecule has 1 rings (SSSR count). The maximum atomic E-state index is 8.80. The number of hydrogen-bond acceptors (Lipinski definition) is 4. The van der Waals surface area contributed by atoms with Gasteiger partial charge in [-0.15, -0.1) is 0 Å². The molecule has 0 aliphatic heterocycles. The Morgan fingerprint density at radius 1 is 1.50 bits per heavy atom. The van der Waals surface area contributed by atoms with Crippen molar-refractivity contribution in [3.63, 3.8) is 0 Å². The second kappa shape index (κ2) is 5.70. The Morgan fingerprint density at radius 2 is 2.25 bits per heavy atom. The van der Waals surface area contributed by atoms with Crippen LogP contribution in [0.3, 0.4) is 0 Å². The Balaban J connectivity index is 2.44. The molecule has 1 heterocycles. The van der Waals surface area contributed by atoms with Crippen LogP contribution in [0.5, 0.6) is 0 Å². The third-order valence-electron chi connectivity index (χ3n) is 2.54. The normalized spacial score (nSPS) is 11.4. The largest absolute Gasteiger partial charge is 0.399 e. The average molecular weight is 223 g/mol. The number of aromatic nitrogens is 1. The van der Waals surface area contributed by atoms with Gasteiger partial charge in [-0.05, 0) is 24.3 Å². The summed E-state index contributed by atoms with van der Waals surface area (Å²) in [5, 5.41) is 12.1. The van der Waals surface area contributed by atoms with Crippen LogP contribution in [0.1, 0.15) is 26.7 Å². The Morgan fingerprint density at radius 3 is 2.88 bits per heavy atom. The van der Waals surface area contributed by atoms with E-state index in [-0.39, 0.29) is 12.0 Å². The van der Waals surface area contributed by atoms with Crippen LogP contribution in [0.4, 0.5) is 11.5 Å². The second-order valence-corrected chi connectivity index (χ2v) is 4.82.